The predicted molar refractivity (Wildman–Crippen MR) is 90.0 cm³/mol. The molecular formula is C17H25N5O. The van der Waals surface area contributed by atoms with Crippen molar-refractivity contribution in [3.8, 4) is 0 Å². The molecule has 0 aliphatic rings. The van der Waals surface area contributed by atoms with E-state index in [0.717, 1.165) is 30.9 Å². The lowest BCUT2D eigenvalue weighted by molar-refractivity contribution is 0.0932. The van der Waals surface area contributed by atoms with Crippen LogP contribution in [-0.2, 0) is 13.1 Å². The van der Waals surface area contributed by atoms with Gasteiger partial charge in [-0.15, -0.1) is 0 Å². The molecule has 124 valence electrons. The average Bonchev–Trinajstić information content (AvgIpc) is 3.00. The molecule has 0 unspecified atom stereocenters. The van der Waals surface area contributed by atoms with Gasteiger partial charge in [0.2, 0.25) is 0 Å². The Labute approximate surface area is 137 Å². The van der Waals surface area contributed by atoms with Crippen molar-refractivity contribution in [1.82, 2.24) is 25.0 Å². The molecule has 23 heavy (non-hydrogen) atoms. The van der Waals surface area contributed by atoms with Crippen LogP contribution in [0.3, 0.4) is 0 Å². The minimum absolute atomic E-state index is 0.0805. The van der Waals surface area contributed by atoms with Crippen molar-refractivity contribution in [1.29, 1.82) is 0 Å². The van der Waals surface area contributed by atoms with E-state index in [2.05, 4.69) is 20.3 Å². The second kappa shape index (κ2) is 7.87. The normalized spacial score (nSPS) is 12.4. The van der Waals surface area contributed by atoms with Crippen LogP contribution in [0, 0.1) is 0 Å². The molecule has 6 nitrogen and oxygen atoms in total. The van der Waals surface area contributed by atoms with Crippen molar-refractivity contribution in [3.05, 3.63) is 47.5 Å². The molecule has 1 heterocycles. The van der Waals surface area contributed by atoms with E-state index < -0.39 is 0 Å². The average molecular weight is 315 g/mol. The first-order valence-corrected chi connectivity index (χ1v) is 7.97. The standard InChI is InChI=1S/C17H25N5O/c1-5-15(16-18-12-19-22(16)6-2)20-17(23)14-9-7-8-13(10-14)11-21(3)4/h7-10,12,15H,5-6,11H2,1-4H3,(H,20,23)/t15-/m0/s1. The first-order chi connectivity index (χ1) is 11.0. The molecule has 0 bridgehead atoms. The molecule has 0 aliphatic heterocycles. The molecule has 0 spiro atoms. The van der Waals surface area contributed by atoms with Crippen molar-refractivity contribution in [3.63, 3.8) is 0 Å². The number of carbonyl (C=O) groups excluding carboxylic acids is 1. The van der Waals surface area contributed by atoms with Gasteiger partial charge in [-0.3, -0.25) is 4.79 Å². The summed E-state index contributed by atoms with van der Waals surface area (Å²) in [7, 11) is 4.02. The van der Waals surface area contributed by atoms with Gasteiger partial charge in [0.25, 0.3) is 5.91 Å². The highest BCUT2D eigenvalue weighted by Crippen LogP contribution is 2.15. The zero-order valence-corrected chi connectivity index (χ0v) is 14.3. The molecule has 1 aromatic heterocycles. The summed E-state index contributed by atoms with van der Waals surface area (Å²) < 4.78 is 1.82. The fourth-order valence-corrected chi connectivity index (χ4v) is 2.55. The zero-order chi connectivity index (χ0) is 16.8. The summed E-state index contributed by atoms with van der Waals surface area (Å²) in [6, 6.07) is 7.59. The van der Waals surface area contributed by atoms with Crippen LogP contribution in [0.4, 0.5) is 0 Å². The van der Waals surface area contributed by atoms with Crippen LogP contribution in [0.2, 0.25) is 0 Å². The van der Waals surface area contributed by atoms with E-state index in [1.54, 1.807) is 0 Å². The molecule has 1 atom stereocenters. The van der Waals surface area contributed by atoms with Gasteiger partial charge in [0.1, 0.15) is 12.2 Å². The van der Waals surface area contributed by atoms with E-state index in [1.807, 2.05) is 56.9 Å². The molecule has 2 rings (SSSR count). The summed E-state index contributed by atoms with van der Waals surface area (Å²) in [4.78, 5) is 18.9. The summed E-state index contributed by atoms with van der Waals surface area (Å²) in [6.07, 6.45) is 2.30. The lowest BCUT2D eigenvalue weighted by Crippen LogP contribution is -2.30. The van der Waals surface area contributed by atoms with Crippen molar-refractivity contribution in [2.24, 2.45) is 0 Å². The number of benzene rings is 1. The van der Waals surface area contributed by atoms with Crippen molar-refractivity contribution in [2.75, 3.05) is 14.1 Å². The Balaban J connectivity index is 2.14. The first kappa shape index (κ1) is 17.1. The third kappa shape index (κ3) is 4.39. The van der Waals surface area contributed by atoms with E-state index in [9.17, 15) is 4.79 Å². The lowest BCUT2D eigenvalue weighted by Gasteiger charge is -2.17. The molecule has 0 aliphatic carbocycles. The molecule has 2 aromatic rings. The summed E-state index contributed by atoms with van der Waals surface area (Å²) in [5, 5.41) is 7.24. The minimum Gasteiger partial charge on any atom is -0.342 e. The first-order valence-electron chi connectivity index (χ1n) is 7.97. The number of nitrogens with zero attached hydrogens (tertiary/aromatic N) is 4. The molecule has 0 radical (unpaired) electrons. The van der Waals surface area contributed by atoms with Crippen LogP contribution in [0.5, 0.6) is 0 Å². The summed E-state index contributed by atoms with van der Waals surface area (Å²) in [6.45, 7) is 5.59. The Bertz CT molecular complexity index is 650. The smallest absolute Gasteiger partial charge is 0.251 e. The summed E-state index contributed by atoms with van der Waals surface area (Å²) >= 11 is 0. The molecule has 6 heteroatoms. The largest absolute Gasteiger partial charge is 0.342 e. The number of rotatable bonds is 7. The molecule has 0 saturated carbocycles. The van der Waals surface area contributed by atoms with Gasteiger partial charge in [-0.05, 0) is 45.1 Å². The number of aryl methyl sites for hydroxylation is 1. The summed E-state index contributed by atoms with van der Waals surface area (Å²) in [5.41, 5.74) is 1.79. The van der Waals surface area contributed by atoms with Crippen molar-refractivity contribution >= 4 is 5.91 Å². The molecule has 1 amide bonds. The third-order valence-corrected chi connectivity index (χ3v) is 3.66. The van der Waals surface area contributed by atoms with E-state index in [4.69, 9.17) is 0 Å². The summed E-state index contributed by atoms with van der Waals surface area (Å²) in [5.74, 6) is 0.718. The Morgan fingerprint density at radius 2 is 2.13 bits per heavy atom. The van der Waals surface area contributed by atoms with Crippen molar-refractivity contribution < 1.29 is 4.79 Å². The monoisotopic (exact) mass is 315 g/mol. The molecule has 0 saturated heterocycles. The predicted octanol–water partition coefficient (Wildman–Crippen LogP) is 2.24. The van der Waals surface area contributed by atoms with Gasteiger partial charge < -0.3 is 10.2 Å². The number of amides is 1. The number of hydrogen-bond acceptors (Lipinski definition) is 4. The fraction of sp³-hybridized carbons (Fsp3) is 0.471. The van der Waals surface area contributed by atoms with Crippen molar-refractivity contribution in [2.45, 2.75) is 39.4 Å². The highest BCUT2D eigenvalue weighted by molar-refractivity contribution is 5.94. The van der Waals surface area contributed by atoms with Gasteiger partial charge in [-0.1, -0.05) is 19.1 Å². The van der Waals surface area contributed by atoms with E-state index in [0.29, 0.717) is 5.56 Å². The fourth-order valence-electron chi connectivity index (χ4n) is 2.55. The van der Waals surface area contributed by atoms with Crippen LogP contribution >= 0.6 is 0 Å². The minimum atomic E-state index is -0.137. The van der Waals surface area contributed by atoms with Crippen LogP contribution in [-0.4, -0.2) is 39.7 Å². The maximum Gasteiger partial charge on any atom is 0.251 e. The Morgan fingerprint density at radius 3 is 2.78 bits per heavy atom. The van der Waals surface area contributed by atoms with E-state index in [-0.39, 0.29) is 11.9 Å². The van der Waals surface area contributed by atoms with E-state index >= 15 is 0 Å². The highest BCUT2D eigenvalue weighted by atomic mass is 16.1. The Kier molecular flexibility index (Phi) is 5.87. The van der Waals surface area contributed by atoms with Gasteiger partial charge in [-0.25, -0.2) is 9.67 Å². The number of aromatic nitrogens is 3. The van der Waals surface area contributed by atoms with Crippen LogP contribution in [0.25, 0.3) is 0 Å². The lowest BCUT2D eigenvalue weighted by atomic mass is 10.1. The van der Waals surface area contributed by atoms with E-state index in [1.165, 1.54) is 6.33 Å². The number of hydrogen-bond donors (Lipinski definition) is 1. The molecule has 0 fully saturated rings. The van der Waals surface area contributed by atoms with Crippen LogP contribution < -0.4 is 5.32 Å². The number of nitrogens with one attached hydrogen (secondary N) is 1. The second-order valence-corrected chi connectivity index (χ2v) is 5.81. The van der Waals surface area contributed by atoms with Gasteiger partial charge >= 0.3 is 0 Å². The third-order valence-electron chi connectivity index (χ3n) is 3.66. The zero-order valence-electron chi connectivity index (χ0n) is 14.3. The highest BCUT2D eigenvalue weighted by Gasteiger charge is 2.19. The topological polar surface area (TPSA) is 63.1 Å². The number of carbonyl (C=O) groups is 1. The van der Waals surface area contributed by atoms with Crippen LogP contribution in [0.15, 0.2) is 30.6 Å². The maximum absolute atomic E-state index is 12.6. The molecular weight excluding hydrogens is 290 g/mol. The molecule has 1 aromatic carbocycles. The van der Waals surface area contributed by atoms with Crippen LogP contribution in [0.1, 0.15) is 48.1 Å². The Morgan fingerprint density at radius 1 is 1.35 bits per heavy atom. The van der Waals surface area contributed by atoms with Gasteiger partial charge in [0, 0.05) is 18.7 Å². The van der Waals surface area contributed by atoms with Gasteiger partial charge in [-0.2, -0.15) is 5.10 Å². The molecule has 1 N–H and O–H groups in total. The SMILES string of the molecule is CC[C@H](NC(=O)c1cccc(CN(C)C)c1)c1ncnn1CC. The van der Waals surface area contributed by atoms with Gasteiger partial charge in [0.05, 0.1) is 6.04 Å². The van der Waals surface area contributed by atoms with Gasteiger partial charge in [0.15, 0.2) is 0 Å². The second-order valence-electron chi connectivity index (χ2n) is 5.81. The quantitative estimate of drug-likeness (QED) is 0.851. The Hall–Kier alpha value is -2.21. The maximum atomic E-state index is 12.6.